The van der Waals surface area contributed by atoms with Crippen LogP contribution in [0, 0.1) is 5.92 Å². The van der Waals surface area contributed by atoms with E-state index in [-0.39, 0.29) is 23.9 Å². The molecule has 5 aromatic rings. The quantitative estimate of drug-likeness (QED) is 0.112. The first-order valence-corrected chi connectivity index (χ1v) is 17.2. The molecule has 1 unspecified atom stereocenters. The van der Waals surface area contributed by atoms with E-state index in [1.165, 1.54) is 12.1 Å². The van der Waals surface area contributed by atoms with E-state index < -0.39 is 18.2 Å². The van der Waals surface area contributed by atoms with E-state index >= 15 is 0 Å². The number of hydrogen-bond acceptors (Lipinski definition) is 7. The van der Waals surface area contributed by atoms with E-state index in [0.29, 0.717) is 41.3 Å². The Labute approximate surface area is 290 Å². The third-order valence-electron chi connectivity index (χ3n) is 10.1. The summed E-state index contributed by atoms with van der Waals surface area (Å²) in [7, 11) is 0. The molecule has 2 bridgehead atoms. The van der Waals surface area contributed by atoms with Gasteiger partial charge in [-0.15, -0.1) is 0 Å². The van der Waals surface area contributed by atoms with Crippen LogP contribution in [0.25, 0.3) is 10.9 Å². The first kappa shape index (κ1) is 33.3. The van der Waals surface area contributed by atoms with Gasteiger partial charge in [-0.05, 0) is 83.9 Å². The van der Waals surface area contributed by atoms with Crippen molar-refractivity contribution in [2.24, 2.45) is 5.92 Å². The summed E-state index contributed by atoms with van der Waals surface area (Å²) in [6.45, 7) is 3.94. The Morgan fingerprint density at radius 1 is 0.920 bits per heavy atom. The van der Waals surface area contributed by atoms with Crippen molar-refractivity contribution >= 4 is 17.0 Å². The Morgan fingerprint density at radius 3 is 2.44 bits per heavy atom. The lowest BCUT2D eigenvalue weighted by Crippen LogP contribution is -2.59. The summed E-state index contributed by atoms with van der Waals surface area (Å²) in [4.78, 5) is 31.4. The second-order valence-corrected chi connectivity index (χ2v) is 13.3. The lowest BCUT2D eigenvalue weighted by molar-refractivity contribution is -0.000812. The van der Waals surface area contributed by atoms with Crippen molar-refractivity contribution < 1.29 is 24.9 Å². The number of aliphatic hydroxyl groups excluding tert-OH is 1. The molecule has 0 aliphatic carbocycles. The molecule has 3 aliphatic rings. The molecule has 1 amide bonds. The van der Waals surface area contributed by atoms with Crippen LogP contribution in [0.15, 0.2) is 108 Å². The maximum Gasteiger partial charge on any atom is 0.408 e. The number of nitrogens with one attached hydrogen (secondary N) is 2. The number of carboxylic acid groups (broad SMARTS) is 1. The van der Waals surface area contributed by atoms with Crippen LogP contribution in [0.1, 0.15) is 52.8 Å². The van der Waals surface area contributed by atoms with Gasteiger partial charge in [-0.25, -0.2) is 4.79 Å². The van der Waals surface area contributed by atoms with Crippen molar-refractivity contribution in [1.29, 1.82) is 0 Å². The molecule has 258 valence electrons. The van der Waals surface area contributed by atoms with Crippen LogP contribution >= 0.6 is 0 Å². The highest BCUT2D eigenvalue weighted by atomic mass is 16.5. The van der Waals surface area contributed by atoms with Gasteiger partial charge in [-0.3, -0.25) is 9.69 Å². The first-order valence-electron chi connectivity index (χ1n) is 17.2. The fraction of sp³-hybridized carbons (Fsp3) is 0.300. The number of carbonyl (C=O) groups is 1. The van der Waals surface area contributed by atoms with Crippen molar-refractivity contribution in [3.8, 4) is 11.5 Å². The molecule has 3 atom stereocenters. The number of H-pyrrole nitrogens is 1. The zero-order chi connectivity index (χ0) is 34.6. The number of aromatic hydroxyl groups is 1. The van der Waals surface area contributed by atoms with E-state index in [9.17, 15) is 24.9 Å². The molecular weight excluding hydrogens is 632 g/mol. The fourth-order valence-electron chi connectivity index (χ4n) is 7.62. The molecule has 0 radical (unpaired) electrons. The van der Waals surface area contributed by atoms with Crippen LogP contribution in [0.5, 0.6) is 11.5 Å². The van der Waals surface area contributed by atoms with E-state index in [0.717, 1.165) is 54.7 Å². The number of hydrogen-bond donors (Lipinski definition) is 5. The monoisotopic (exact) mass is 674 g/mol. The minimum absolute atomic E-state index is 0.0462. The zero-order valence-corrected chi connectivity index (χ0v) is 27.7. The number of amides is 1. The summed E-state index contributed by atoms with van der Waals surface area (Å²) >= 11 is 0. The van der Waals surface area contributed by atoms with Crippen LogP contribution in [0.4, 0.5) is 4.79 Å². The molecule has 50 heavy (non-hydrogen) atoms. The molecular formula is C40H42N4O6. The maximum atomic E-state index is 13.0. The Bertz CT molecular complexity index is 2010. The number of fused-ring (bicyclic) bond motifs is 4. The van der Waals surface area contributed by atoms with E-state index in [1.807, 2.05) is 72.8 Å². The van der Waals surface area contributed by atoms with Crippen LogP contribution in [0.2, 0.25) is 0 Å². The molecule has 8 rings (SSSR count). The van der Waals surface area contributed by atoms with Crippen molar-refractivity contribution in [3.63, 3.8) is 0 Å². The Balaban J connectivity index is 1.02. The van der Waals surface area contributed by atoms with Crippen LogP contribution in [0.3, 0.4) is 0 Å². The molecule has 0 saturated carbocycles. The summed E-state index contributed by atoms with van der Waals surface area (Å²) < 4.78 is 6.29. The van der Waals surface area contributed by atoms with Crippen LogP contribution in [-0.4, -0.2) is 68.4 Å². The van der Waals surface area contributed by atoms with Gasteiger partial charge in [0.05, 0.1) is 23.7 Å². The van der Waals surface area contributed by atoms with E-state index in [2.05, 4.69) is 21.3 Å². The normalized spacial score (nSPS) is 19.6. The molecule has 3 fully saturated rings. The summed E-state index contributed by atoms with van der Waals surface area (Å²) in [6.07, 6.45) is 0.278. The molecule has 5 N–H and O–H groups in total. The average molecular weight is 675 g/mol. The number of nitrogens with zero attached hydrogens (tertiary/aromatic N) is 2. The molecule has 10 nitrogen and oxygen atoms in total. The summed E-state index contributed by atoms with van der Waals surface area (Å²) in [5.41, 5.74) is 4.38. The Hall–Kier alpha value is -5.16. The number of phenols is 1. The molecule has 4 aromatic carbocycles. The second-order valence-electron chi connectivity index (χ2n) is 13.3. The van der Waals surface area contributed by atoms with Gasteiger partial charge in [0.1, 0.15) is 18.1 Å². The van der Waals surface area contributed by atoms with Gasteiger partial charge in [-0.2, -0.15) is 0 Å². The Morgan fingerprint density at radius 2 is 1.68 bits per heavy atom. The second kappa shape index (κ2) is 14.8. The van der Waals surface area contributed by atoms with Crippen LogP contribution < -0.4 is 15.6 Å². The molecule has 10 heteroatoms. The van der Waals surface area contributed by atoms with Gasteiger partial charge in [0.15, 0.2) is 0 Å². The van der Waals surface area contributed by atoms with E-state index in [1.54, 1.807) is 17.0 Å². The third-order valence-corrected chi connectivity index (χ3v) is 10.1. The summed E-state index contributed by atoms with van der Waals surface area (Å²) in [6, 6.07) is 31.3. The zero-order valence-electron chi connectivity index (χ0n) is 27.7. The molecule has 3 saturated heterocycles. The number of rotatable bonds is 12. The maximum absolute atomic E-state index is 13.0. The highest BCUT2D eigenvalue weighted by Gasteiger charge is 2.43. The average Bonchev–Trinajstić information content (AvgIpc) is 3.14. The van der Waals surface area contributed by atoms with Crippen molar-refractivity contribution in [1.82, 2.24) is 20.1 Å². The first-order chi connectivity index (χ1) is 24.3. The lowest BCUT2D eigenvalue weighted by atomic mass is 9.81. The van der Waals surface area contributed by atoms with Crippen LogP contribution in [-0.2, 0) is 13.2 Å². The van der Waals surface area contributed by atoms with Gasteiger partial charge < -0.3 is 35.3 Å². The topological polar surface area (TPSA) is 138 Å². The molecule has 1 aromatic heterocycles. The number of pyridine rings is 1. The molecule has 4 heterocycles. The number of piperidine rings is 3. The van der Waals surface area contributed by atoms with Gasteiger partial charge >= 0.3 is 6.09 Å². The predicted octanol–water partition coefficient (Wildman–Crippen LogP) is 5.80. The smallest absolute Gasteiger partial charge is 0.408 e. The highest BCUT2D eigenvalue weighted by Crippen LogP contribution is 2.39. The molecule has 3 aliphatic heterocycles. The minimum Gasteiger partial charge on any atom is -0.506 e. The number of aromatic amines is 1. The number of aliphatic hydroxyl groups is 1. The standard InChI is InChI=1S/C40H42N4O6/c45-35-14-12-32(33-13-15-37(47)42-38(33)35)36(46)23-41-22-26-6-4-7-27(20-26)25-50-31-11-5-10-30(21-31)39(29-8-2-1-3-9-29)44(40(48)49)34-24-43-18-16-28(34)17-19-43/h1-15,20-21,28,34,36,39,41,45-46H,16-19,22-25H2,(H,42,47)(H,48,49)/t34-,36+,39?/m0/s1. The van der Waals surface area contributed by atoms with Gasteiger partial charge in [-0.1, -0.05) is 72.8 Å². The number of aromatic nitrogens is 1. The third kappa shape index (κ3) is 7.23. The van der Waals surface area contributed by atoms with E-state index in [4.69, 9.17) is 4.74 Å². The number of phenolic OH excluding ortho intramolecular Hbond substituents is 1. The molecule has 0 spiro atoms. The summed E-state index contributed by atoms with van der Waals surface area (Å²) in [5, 5.41) is 35.6. The summed E-state index contributed by atoms with van der Waals surface area (Å²) in [5.74, 6) is 0.971. The lowest BCUT2D eigenvalue weighted by Gasteiger charge is -2.50. The number of benzene rings is 4. The van der Waals surface area contributed by atoms with Crippen molar-refractivity contribution in [2.45, 2.75) is 44.2 Å². The van der Waals surface area contributed by atoms with Gasteiger partial charge in [0.25, 0.3) is 0 Å². The van der Waals surface area contributed by atoms with Crippen molar-refractivity contribution in [2.75, 3.05) is 26.2 Å². The predicted molar refractivity (Wildman–Crippen MR) is 191 cm³/mol. The number of ether oxygens (including phenoxy) is 1. The van der Waals surface area contributed by atoms with Gasteiger partial charge in [0, 0.05) is 31.1 Å². The largest absolute Gasteiger partial charge is 0.506 e. The fourth-order valence-corrected chi connectivity index (χ4v) is 7.62. The van der Waals surface area contributed by atoms with Crippen molar-refractivity contribution in [3.05, 3.63) is 141 Å². The Kier molecular flexibility index (Phi) is 9.84. The minimum atomic E-state index is -0.908. The highest BCUT2D eigenvalue weighted by molar-refractivity contribution is 5.87. The SMILES string of the molecule is O=C(O)N(C(c1ccccc1)c1cccc(OCc2cccc(CNC[C@@H](O)c3ccc(O)c4[nH]c(=O)ccc34)c2)c1)[C@H]1CN2CCC1CC2. The van der Waals surface area contributed by atoms with Gasteiger partial charge in [0.2, 0.25) is 5.56 Å².